The molecule has 1 aliphatic heterocycles. The Morgan fingerprint density at radius 2 is 1.52 bits per heavy atom. The Morgan fingerprint density at radius 1 is 0.897 bits per heavy atom. The number of halogens is 1. The molecule has 2 aromatic carbocycles. The third kappa shape index (κ3) is 2.57. The van der Waals surface area contributed by atoms with Crippen molar-refractivity contribution >= 4 is 33.9 Å². The molecule has 0 saturated carbocycles. The van der Waals surface area contributed by atoms with Crippen LogP contribution in [0.5, 0.6) is 0 Å². The molecule has 6 heteroatoms. The van der Waals surface area contributed by atoms with E-state index in [4.69, 9.17) is 11.6 Å². The van der Waals surface area contributed by atoms with Gasteiger partial charge in [0, 0.05) is 17.0 Å². The number of Topliss-reactive ketones (excluding diaryl/α,β-unsaturated/α-hetero) is 1. The van der Waals surface area contributed by atoms with E-state index < -0.39 is 6.04 Å². The zero-order valence-corrected chi connectivity index (χ0v) is 16.9. The zero-order chi connectivity index (χ0) is 20.5. The van der Waals surface area contributed by atoms with Crippen LogP contribution in [0.15, 0.2) is 63.7 Å². The predicted molar refractivity (Wildman–Crippen MR) is 113 cm³/mol. The van der Waals surface area contributed by atoms with Crippen molar-refractivity contribution < 1.29 is 4.79 Å². The summed E-state index contributed by atoms with van der Waals surface area (Å²) in [7, 11) is 0. The summed E-state index contributed by atoms with van der Waals surface area (Å²) in [6, 6.07) is 13.3. The Morgan fingerprint density at radius 3 is 2.17 bits per heavy atom. The third-order valence-corrected chi connectivity index (χ3v) is 6.11. The van der Waals surface area contributed by atoms with Gasteiger partial charge in [0.25, 0.3) is 11.1 Å². The first-order valence-corrected chi connectivity index (χ1v) is 9.95. The molecule has 2 heterocycles. The maximum absolute atomic E-state index is 13.5. The number of benzene rings is 2. The van der Waals surface area contributed by atoms with E-state index in [1.165, 1.54) is 9.36 Å². The third-order valence-electron chi connectivity index (χ3n) is 5.86. The molecule has 0 bridgehead atoms. The van der Waals surface area contributed by atoms with Crippen molar-refractivity contribution in [1.29, 1.82) is 0 Å². The molecule has 0 saturated heterocycles. The van der Waals surface area contributed by atoms with E-state index in [0.29, 0.717) is 39.9 Å². The lowest BCUT2D eigenvalue weighted by Crippen LogP contribution is -2.37. The number of ketones is 1. The van der Waals surface area contributed by atoms with Gasteiger partial charge in [0.1, 0.15) is 6.04 Å². The van der Waals surface area contributed by atoms with Crippen molar-refractivity contribution in [2.24, 2.45) is 5.41 Å². The number of fused-ring (bicyclic) bond motifs is 3. The van der Waals surface area contributed by atoms with E-state index in [1.54, 1.807) is 36.4 Å². The monoisotopic (exact) mass is 406 g/mol. The molecule has 3 aromatic rings. The maximum Gasteiger partial charge on any atom is 0.277 e. The van der Waals surface area contributed by atoms with E-state index in [2.05, 4.69) is 0 Å². The molecule has 0 amide bonds. The number of hydrogen-bond donors (Lipinski definition) is 0. The molecule has 1 aliphatic carbocycles. The van der Waals surface area contributed by atoms with E-state index in [9.17, 15) is 14.4 Å². The first-order chi connectivity index (χ1) is 13.8. The Hall–Kier alpha value is -2.92. The summed E-state index contributed by atoms with van der Waals surface area (Å²) < 4.78 is 2.90. The molecule has 1 aromatic heterocycles. The SMILES string of the molecule is CC1(C)CC(=O)C2=C(C1)n1c(=O)c3ccccc3c(=O)n1C2c1ccc(Cl)cc1. The molecule has 29 heavy (non-hydrogen) atoms. The Labute approximate surface area is 171 Å². The second kappa shape index (κ2) is 6.04. The summed E-state index contributed by atoms with van der Waals surface area (Å²) in [6.45, 7) is 4.03. The zero-order valence-electron chi connectivity index (χ0n) is 16.1. The van der Waals surface area contributed by atoms with Crippen molar-refractivity contribution in [2.75, 3.05) is 0 Å². The second-order valence-electron chi connectivity index (χ2n) is 8.57. The van der Waals surface area contributed by atoms with E-state index in [0.717, 1.165) is 5.56 Å². The van der Waals surface area contributed by atoms with Crippen molar-refractivity contribution in [2.45, 2.75) is 32.7 Å². The van der Waals surface area contributed by atoms with Crippen LogP contribution in [0.4, 0.5) is 0 Å². The molecule has 0 spiro atoms. The van der Waals surface area contributed by atoms with Gasteiger partial charge in [0.15, 0.2) is 5.78 Å². The van der Waals surface area contributed by atoms with Crippen molar-refractivity contribution in [3.63, 3.8) is 0 Å². The van der Waals surface area contributed by atoms with Gasteiger partial charge in [-0.1, -0.05) is 49.7 Å². The fourth-order valence-electron chi connectivity index (χ4n) is 4.64. The topological polar surface area (TPSA) is 61.1 Å². The molecule has 1 atom stereocenters. The van der Waals surface area contributed by atoms with E-state index >= 15 is 0 Å². The van der Waals surface area contributed by atoms with Crippen LogP contribution in [0.1, 0.15) is 38.3 Å². The normalized spacial score (nSPS) is 20.1. The lowest BCUT2D eigenvalue weighted by molar-refractivity contribution is -0.118. The highest BCUT2D eigenvalue weighted by molar-refractivity contribution is 6.30. The number of rotatable bonds is 1. The fraction of sp³-hybridized carbons (Fsp3) is 0.261. The van der Waals surface area contributed by atoms with Gasteiger partial charge < -0.3 is 0 Å². The summed E-state index contributed by atoms with van der Waals surface area (Å²) in [4.78, 5) is 40.1. The van der Waals surface area contributed by atoms with Crippen LogP contribution in [0.25, 0.3) is 16.5 Å². The summed E-state index contributed by atoms with van der Waals surface area (Å²) in [6.07, 6.45) is 0.933. The summed E-state index contributed by atoms with van der Waals surface area (Å²) in [5.41, 5.74) is 1.12. The molecular weight excluding hydrogens is 388 g/mol. The second-order valence-corrected chi connectivity index (χ2v) is 9.00. The van der Waals surface area contributed by atoms with Crippen LogP contribution in [0.2, 0.25) is 5.02 Å². The van der Waals surface area contributed by atoms with Gasteiger partial charge >= 0.3 is 0 Å². The van der Waals surface area contributed by atoms with Crippen molar-refractivity contribution in [3.05, 3.63) is 85.4 Å². The number of allylic oxidation sites excluding steroid dienone is 2. The number of hydrogen-bond acceptors (Lipinski definition) is 3. The van der Waals surface area contributed by atoms with Gasteiger partial charge in [-0.05, 0) is 41.7 Å². The first kappa shape index (κ1) is 18.1. The minimum absolute atomic E-state index is 0.0183. The maximum atomic E-state index is 13.5. The molecule has 5 nitrogen and oxygen atoms in total. The lowest BCUT2D eigenvalue weighted by Gasteiger charge is -2.30. The molecular formula is C23H19ClN2O3. The van der Waals surface area contributed by atoms with Crippen LogP contribution in [-0.4, -0.2) is 15.1 Å². The van der Waals surface area contributed by atoms with Crippen LogP contribution < -0.4 is 11.1 Å². The molecule has 5 rings (SSSR count). The lowest BCUT2D eigenvalue weighted by atomic mass is 9.74. The van der Waals surface area contributed by atoms with Crippen LogP contribution in [0, 0.1) is 5.41 Å². The quantitative estimate of drug-likeness (QED) is 0.613. The van der Waals surface area contributed by atoms with Gasteiger partial charge in [-0.2, -0.15) is 0 Å². The Kier molecular flexibility index (Phi) is 3.77. The average molecular weight is 407 g/mol. The Balaban J connectivity index is 1.92. The largest absolute Gasteiger partial charge is 0.294 e. The van der Waals surface area contributed by atoms with Crippen molar-refractivity contribution in [1.82, 2.24) is 9.36 Å². The molecule has 146 valence electrons. The summed E-state index contributed by atoms with van der Waals surface area (Å²) >= 11 is 6.05. The van der Waals surface area contributed by atoms with Crippen molar-refractivity contribution in [3.8, 4) is 0 Å². The molecule has 0 N–H and O–H groups in total. The number of nitrogens with zero attached hydrogens (tertiary/aromatic N) is 2. The van der Waals surface area contributed by atoms with Gasteiger partial charge in [0.05, 0.1) is 16.5 Å². The highest BCUT2D eigenvalue weighted by atomic mass is 35.5. The molecule has 0 radical (unpaired) electrons. The van der Waals surface area contributed by atoms with Crippen LogP contribution in [0.3, 0.4) is 0 Å². The van der Waals surface area contributed by atoms with Gasteiger partial charge in [-0.25, -0.2) is 9.36 Å². The molecule has 1 unspecified atom stereocenters. The van der Waals surface area contributed by atoms with E-state index in [-0.39, 0.29) is 22.3 Å². The van der Waals surface area contributed by atoms with Gasteiger partial charge in [-0.3, -0.25) is 14.4 Å². The van der Waals surface area contributed by atoms with Crippen LogP contribution in [-0.2, 0) is 4.79 Å². The smallest absolute Gasteiger partial charge is 0.277 e. The standard InChI is InChI=1S/C23H19ClN2O3/c1-23(2)11-17-19(18(27)12-23)20(13-7-9-14(24)10-8-13)26-22(29)16-6-4-3-5-15(16)21(28)25(17)26/h3-10,20H,11-12H2,1-2H3. The van der Waals surface area contributed by atoms with Crippen LogP contribution >= 0.6 is 11.6 Å². The predicted octanol–water partition coefficient (Wildman–Crippen LogP) is 4.02. The molecule has 0 fully saturated rings. The number of aromatic nitrogens is 2. The average Bonchev–Trinajstić information content (AvgIpc) is 3.01. The molecule has 2 aliphatic rings. The van der Waals surface area contributed by atoms with Gasteiger partial charge in [-0.15, -0.1) is 0 Å². The fourth-order valence-corrected chi connectivity index (χ4v) is 4.77. The Bertz CT molecular complexity index is 1340. The summed E-state index contributed by atoms with van der Waals surface area (Å²) in [5.74, 6) is -0.0183. The highest BCUT2D eigenvalue weighted by Crippen LogP contribution is 2.46. The minimum atomic E-state index is -0.629. The van der Waals surface area contributed by atoms with E-state index in [1.807, 2.05) is 26.0 Å². The minimum Gasteiger partial charge on any atom is -0.294 e. The summed E-state index contributed by atoms with van der Waals surface area (Å²) in [5, 5.41) is 1.30. The first-order valence-electron chi connectivity index (χ1n) is 9.57. The number of carbonyl (C=O) groups excluding carboxylic acids is 1. The highest BCUT2D eigenvalue weighted by Gasteiger charge is 2.44. The van der Waals surface area contributed by atoms with Gasteiger partial charge in [0.2, 0.25) is 0 Å². The number of carbonyl (C=O) groups is 1.